The first-order valence-corrected chi connectivity index (χ1v) is 13.1. The van der Waals surface area contributed by atoms with E-state index >= 15 is 0 Å². The minimum atomic E-state index is -4.71. The van der Waals surface area contributed by atoms with Gasteiger partial charge in [0.25, 0.3) is 0 Å². The quantitative estimate of drug-likeness (QED) is 0.638. The van der Waals surface area contributed by atoms with Gasteiger partial charge in [0, 0.05) is 51.5 Å². The summed E-state index contributed by atoms with van der Waals surface area (Å²) in [6, 6.07) is 6.07. The molecule has 2 amide bonds. The first kappa shape index (κ1) is 26.2. The average Bonchev–Trinajstić information content (AvgIpc) is 3.29. The van der Waals surface area contributed by atoms with E-state index in [1.807, 2.05) is 0 Å². The molecular weight excluding hydrogens is 489 g/mol. The van der Waals surface area contributed by atoms with Gasteiger partial charge in [0.1, 0.15) is 11.8 Å². The molecule has 0 radical (unpaired) electrons. The summed E-state index contributed by atoms with van der Waals surface area (Å²) in [6.07, 6.45) is -0.481. The maximum absolute atomic E-state index is 13.4. The third-order valence-electron chi connectivity index (χ3n) is 8.50. The summed E-state index contributed by atoms with van der Waals surface area (Å²) in [5.41, 5.74) is 0.341. The predicted molar refractivity (Wildman–Crippen MR) is 129 cm³/mol. The van der Waals surface area contributed by atoms with Crippen LogP contribution in [-0.2, 0) is 20.9 Å². The highest BCUT2D eigenvalue weighted by molar-refractivity contribution is 5.92. The van der Waals surface area contributed by atoms with E-state index in [0.29, 0.717) is 57.9 Å². The second kappa shape index (κ2) is 10.4. The van der Waals surface area contributed by atoms with E-state index in [4.69, 9.17) is 4.74 Å². The SMILES string of the molecule is CN(C1CCOCC1)[C@H]1C[C@H]2C(=O)NC3(CCN(Cc4ccc(OC(F)(F)F)cc4)CC3)CC(=O)N2C1. The molecular formula is C26H35F3N4O4. The molecule has 204 valence electrons. The number of alkyl halides is 3. The van der Waals surface area contributed by atoms with E-state index < -0.39 is 17.9 Å². The van der Waals surface area contributed by atoms with Crippen LogP contribution in [0.5, 0.6) is 5.75 Å². The van der Waals surface area contributed by atoms with E-state index in [-0.39, 0.29) is 23.6 Å². The summed E-state index contributed by atoms with van der Waals surface area (Å²) >= 11 is 0. The van der Waals surface area contributed by atoms with Gasteiger partial charge in [0.05, 0.1) is 12.0 Å². The fourth-order valence-electron chi connectivity index (χ4n) is 6.30. The van der Waals surface area contributed by atoms with Crippen LogP contribution in [0.15, 0.2) is 24.3 Å². The Hall–Kier alpha value is -2.37. The molecule has 0 saturated carbocycles. The van der Waals surface area contributed by atoms with Crippen LogP contribution in [0.2, 0.25) is 0 Å². The van der Waals surface area contributed by atoms with Gasteiger partial charge in [0.2, 0.25) is 11.8 Å². The molecule has 4 heterocycles. The molecule has 1 aromatic rings. The highest BCUT2D eigenvalue weighted by Crippen LogP contribution is 2.34. The van der Waals surface area contributed by atoms with Crippen LogP contribution in [0.3, 0.4) is 0 Å². The smallest absolute Gasteiger partial charge is 0.406 e. The molecule has 8 nitrogen and oxygen atoms in total. The van der Waals surface area contributed by atoms with Crippen LogP contribution in [0, 0.1) is 0 Å². The van der Waals surface area contributed by atoms with Crippen molar-refractivity contribution in [2.45, 2.75) is 75.1 Å². The van der Waals surface area contributed by atoms with Gasteiger partial charge in [-0.3, -0.25) is 19.4 Å². The standard InChI is InChI=1S/C26H35F3N4O4/c1-31(19-6-12-36-13-7-19)20-14-22-24(35)30-25(15-23(34)33(22)17-20)8-10-32(11-9-25)16-18-2-4-21(5-3-18)37-26(27,28)29/h2-5,19-20,22H,6-17H2,1H3,(H,30,35)/t20-,22-/m0/s1. The molecule has 1 aromatic carbocycles. The number of hydrogen-bond donors (Lipinski definition) is 1. The molecule has 0 unspecified atom stereocenters. The fourth-order valence-corrected chi connectivity index (χ4v) is 6.30. The summed E-state index contributed by atoms with van der Waals surface area (Å²) in [6.45, 7) is 4.06. The molecule has 0 aromatic heterocycles. The minimum absolute atomic E-state index is 0.0416. The van der Waals surface area contributed by atoms with Crippen molar-refractivity contribution in [2.75, 3.05) is 39.9 Å². The Kier molecular flexibility index (Phi) is 7.39. The highest BCUT2D eigenvalue weighted by atomic mass is 19.4. The zero-order chi connectivity index (χ0) is 26.2. The Morgan fingerprint density at radius 2 is 1.78 bits per heavy atom. The second-order valence-corrected chi connectivity index (χ2v) is 10.9. The van der Waals surface area contributed by atoms with Gasteiger partial charge >= 0.3 is 6.36 Å². The van der Waals surface area contributed by atoms with Crippen molar-refractivity contribution in [1.29, 1.82) is 0 Å². The molecule has 4 fully saturated rings. The number of hydrogen-bond acceptors (Lipinski definition) is 6. The number of carbonyl (C=O) groups is 2. The van der Waals surface area contributed by atoms with E-state index in [1.54, 1.807) is 17.0 Å². The normalized spacial score (nSPS) is 27.3. The van der Waals surface area contributed by atoms with Gasteiger partial charge in [-0.25, -0.2) is 0 Å². The second-order valence-electron chi connectivity index (χ2n) is 10.9. The number of nitrogens with one attached hydrogen (secondary N) is 1. The zero-order valence-corrected chi connectivity index (χ0v) is 21.1. The highest BCUT2D eigenvalue weighted by Gasteiger charge is 2.49. The molecule has 0 aliphatic carbocycles. The van der Waals surface area contributed by atoms with Crippen LogP contribution < -0.4 is 10.1 Å². The number of fused-ring (bicyclic) bond motifs is 1. The molecule has 5 rings (SSSR count). The number of amides is 2. The number of likely N-dealkylation sites (tertiary alicyclic amines) is 1. The third kappa shape index (κ3) is 6.04. The van der Waals surface area contributed by atoms with Gasteiger partial charge in [-0.2, -0.15) is 0 Å². The maximum Gasteiger partial charge on any atom is 0.573 e. The summed E-state index contributed by atoms with van der Waals surface area (Å²) < 4.78 is 46.6. The van der Waals surface area contributed by atoms with Crippen molar-refractivity contribution in [3.8, 4) is 5.75 Å². The topological polar surface area (TPSA) is 74.4 Å². The average molecular weight is 525 g/mol. The van der Waals surface area contributed by atoms with Crippen molar-refractivity contribution in [3.63, 3.8) is 0 Å². The number of carbonyl (C=O) groups excluding carboxylic acids is 2. The van der Waals surface area contributed by atoms with Gasteiger partial charge in [0.15, 0.2) is 0 Å². The zero-order valence-electron chi connectivity index (χ0n) is 21.1. The fraction of sp³-hybridized carbons (Fsp3) is 0.692. The molecule has 4 aliphatic heterocycles. The molecule has 37 heavy (non-hydrogen) atoms. The number of ether oxygens (including phenoxy) is 2. The van der Waals surface area contributed by atoms with E-state index in [9.17, 15) is 22.8 Å². The molecule has 0 bridgehead atoms. The predicted octanol–water partition coefficient (Wildman–Crippen LogP) is 2.52. The molecule has 1 N–H and O–H groups in total. The van der Waals surface area contributed by atoms with Crippen LogP contribution >= 0.6 is 0 Å². The van der Waals surface area contributed by atoms with E-state index in [0.717, 1.165) is 31.6 Å². The maximum atomic E-state index is 13.4. The molecule has 4 saturated heterocycles. The van der Waals surface area contributed by atoms with Gasteiger partial charge in [-0.1, -0.05) is 12.1 Å². The lowest BCUT2D eigenvalue weighted by Crippen LogP contribution is -2.56. The lowest BCUT2D eigenvalue weighted by molar-refractivity contribution is -0.274. The Morgan fingerprint density at radius 3 is 2.43 bits per heavy atom. The van der Waals surface area contributed by atoms with E-state index in [2.05, 4.69) is 26.9 Å². The molecule has 2 atom stereocenters. The third-order valence-corrected chi connectivity index (χ3v) is 8.50. The molecule has 11 heteroatoms. The van der Waals surface area contributed by atoms with Crippen molar-refractivity contribution in [2.24, 2.45) is 0 Å². The lowest BCUT2D eigenvalue weighted by atomic mass is 9.84. The number of nitrogens with zero attached hydrogens (tertiary/aromatic N) is 3. The van der Waals surface area contributed by atoms with Crippen LogP contribution in [0.25, 0.3) is 0 Å². The Labute approximate surface area is 215 Å². The summed E-state index contributed by atoms with van der Waals surface area (Å²) in [4.78, 5) is 33.0. The van der Waals surface area contributed by atoms with Crippen molar-refractivity contribution >= 4 is 11.8 Å². The van der Waals surface area contributed by atoms with Crippen molar-refractivity contribution < 1.29 is 32.2 Å². The lowest BCUT2D eigenvalue weighted by Gasteiger charge is -2.41. The van der Waals surface area contributed by atoms with Crippen molar-refractivity contribution in [3.05, 3.63) is 29.8 Å². The summed E-state index contributed by atoms with van der Waals surface area (Å²) in [7, 11) is 2.10. The number of halogens is 3. The summed E-state index contributed by atoms with van der Waals surface area (Å²) in [5.74, 6) is -0.252. The molecule has 4 aliphatic rings. The van der Waals surface area contributed by atoms with Crippen LogP contribution in [0.1, 0.15) is 44.1 Å². The van der Waals surface area contributed by atoms with Gasteiger partial charge in [-0.05, 0) is 56.8 Å². The van der Waals surface area contributed by atoms with E-state index in [1.165, 1.54) is 12.1 Å². The number of piperidine rings is 1. The van der Waals surface area contributed by atoms with Gasteiger partial charge < -0.3 is 19.7 Å². The number of benzene rings is 1. The Bertz CT molecular complexity index is 947. The first-order valence-electron chi connectivity index (χ1n) is 13.1. The largest absolute Gasteiger partial charge is 0.573 e. The number of rotatable bonds is 5. The first-order chi connectivity index (χ1) is 17.6. The Morgan fingerprint density at radius 1 is 1.11 bits per heavy atom. The Balaban J connectivity index is 1.16. The molecule has 1 spiro atoms. The van der Waals surface area contributed by atoms with Crippen LogP contribution in [-0.4, -0.2) is 96.4 Å². The monoisotopic (exact) mass is 524 g/mol. The van der Waals surface area contributed by atoms with Gasteiger partial charge in [-0.15, -0.1) is 13.2 Å². The van der Waals surface area contributed by atoms with Crippen LogP contribution in [0.4, 0.5) is 13.2 Å². The van der Waals surface area contributed by atoms with Crippen molar-refractivity contribution in [1.82, 2.24) is 20.0 Å². The summed E-state index contributed by atoms with van der Waals surface area (Å²) in [5, 5.41) is 3.26. The minimum Gasteiger partial charge on any atom is -0.406 e. The number of likely N-dealkylation sites (N-methyl/N-ethyl adjacent to an activating group) is 1.